The minimum Gasteiger partial charge on any atom is -0.313 e. The maximum absolute atomic E-state index is 2.57. The molecule has 57 heavy (non-hydrogen) atoms. The van der Waals surface area contributed by atoms with Crippen LogP contribution in [0.1, 0.15) is 39.9 Å². The zero-order chi connectivity index (χ0) is 37.2. The van der Waals surface area contributed by atoms with Crippen molar-refractivity contribution in [2.24, 2.45) is 0 Å². The molecule has 0 N–H and O–H groups in total. The molecule has 2 nitrogen and oxygen atoms in total. The molecule has 3 aliphatic rings. The van der Waals surface area contributed by atoms with Crippen LogP contribution in [0.3, 0.4) is 0 Å². The summed E-state index contributed by atoms with van der Waals surface area (Å²) in [6.07, 6.45) is 6.77. The van der Waals surface area contributed by atoms with E-state index in [4.69, 9.17) is 0 Å². The first-order valence-corrected chi connectivity index (χ1v) is 20.2. The molecule has 13 rings (SSSR count). The lowest BCUT2D eigenvalue weighted by atomic mass is 9.70. The average molecular weight is 725 g/mol. The molecule has 0 unspecified atom stereocenters. The molecule has 8 aromatic carbocycles. The van der Waals surface area contributed by atoms with Crippen LogP contribution in [0, 0.1) is 0 Å². The van der Waals surface area contributed by atoms with Crippen LogP contribution in [-0.4, -0.2) is 9.13 Å². The lowest BCUT2D eigenvalue weighted by Crippen LogP contribution is -2.26. The normalized spacial score (nSPS) is 14.2. The summed E-state index contributed by atoms with van der Waals surface area (Å²) in [7, 11) is 0. The molecule has 0 fully saturated rings. The molecule has 0 atom stereocenters. The Morgan fingerprint density at radius 2 is 0.947 bits per heavy atom. The Balaban J connectivity index is 1.01. The highest BCUT2D eigenvalue weighted by Gasteiger charge is 2.51. The van der Waals surface area contributed by atoms with Gasteiger partial charge in [0.05, 0.1) is 22.0 Å². The summed E-state index contributed by atoms with van der Waals surface area (Å²) >= 11 is 0. The van der Waals surface area contributed by atoms with Gasteiger partial charge in [-0.1, -0.05) is 140 Å². The van der Waals surface area contributed by atoms with Crippen molar-refractivity contribution >= 4 is 38.8 Å². The van der Waals surface area contributed by atoms with Crippen LogP contribution in [0.25, 0.3) is 83.5 Å². The summed E-state index contributed by atoms with van der Waals surface area (Å²) in [5.41, 5.74) is 21.8. The molecule has 3 aliphatic carbocycles. The van der Waals surface area contributed by atoms with Crippen molar-refractivity contribution < 1.29 is 0 Å². The topological polar surface area (TPSA) is 9.86 Å². The minimum atomic E-state index is -0.368. The molecule has 2 heterocycles. The van der Waals surface area contributed by atoms with Gasteiger partial charge in [0, 0.05) is 38.8 Å². The molecule has 2 aromatic heterocycles. The van der Waals surface area contributed by atoms with E-state index in [1.807, 2.05) is 0 Å². The largest absolute Gasteiger partial charge is 0.313 e. The summed E-state index contributed by atoms with van der Waals surface area (Å²) in [4.78, 5) is 0. The van der Waals surface area contributed by atoms with E-state index in [0.717, 1.165) is 12.8 Å². The van der Waals surface area contributed by atoms with Gasteiger partial charge in [0.2, 0.25) is 0 Å². The second-order valence-corrected chi connectivity index (χ2v) is 15.9. The maximum atomic E-state index is 2.57. The summed E-state index contributed by atoms with van der Waals surface area (Å²) in [6, 6.07) is 68.2. The van der Waals surface area contributed by atoms with E-state index in [9.17, 15) is 0 Å². The van der Waals surface area contributed by atoms with Crippen molar-refractivity contribution in [2.75, 3.05) is 0 Å². The van der Waals surface area contributed by atoms with Gasteiger partial charge in [-0.3, -0.25) is 0 Å². The molecule has 0 aliphatic heterocycles. The number of para-hydroxylation sites is 2. The molecule has 0 amide bonds. The summed E-state index contributed by atoms with van der Waals surface area (Å²) in [5, 5.41) is 3.85. The van der Waals surface area contributed by atoms with E-state index in [0.29, 0.717) is 0 Å². The monoisotopic (exact) mass is 724 g/mol. The molecular weight excluding hydrogens is 689 g/mol. The van der Waals surface area contributed by atoms with Crippen LogP contribution >= 0.6 is 0 Å². The maximum Gasteiger partial charge on any atom is 0.0726 e. The number of aromatic nitrogens is 2. The Hall–Kier alpha value is -7.16. The van der Waals surface area contributed by atoms with Crippen LogP contribution in [-0.2, 0) is 11.8 Å². The predicted octanol–water partition coefficient (Wildman–Crippen LogP) is 13.7. The van der Waals surface area contributed by atoms with Gasteiger partial charge in [-0.05, 0) is 123 Å². The van der Waals surface area contributed by atoms with Crippen LogP contribution in [0.5, 0.6) is 0 Å². The van der Waals surface area contributed by atoms with Crippen LogP contribution < -0.4 is 0 Å². The van der Waals surface area contributed by atoms with Gasteiger partial charge in [-0.15, -0.1) is 0 Å². The number of fused-ring (bicyclic) bond motifs is 16. The number of hydrogen-bond acceptors (Lipinski definition) is 0. The van der Waals surface area contributed by atoms with Crippen molar-refractivity contribution in [1.82, 2.24) is 9.13 Å². The highest BCUT2D eigenvalue weighted by Crippen LogP contribution is 2.63. The number of allylic oxidation sites excluding steroid dienone is 1. The fourth-order valence-electron chi connectivity index (χ4n) is 10.9. The summed E-state index contributed by atoms with van der Waals surface area (Å²) in [6.45, 7) is 0. The number of rotatable bonds is 3. The van der Waals surface area contributed by atoms with Crippen LogP contribution in [0.2, 0.25) is 0 Å². The highest BCUT2D eigenvalue weighted by atomic mass is 15.0. The molecule has 10 aromatic rings. The second kappa shape index (κ2) is 11.4. The third-order valence-corrected chi connectivity index (χ3v) is 13.2. The van der Waals surface area contributed by atoms with Crippen molar-refractivity contribution in [3.8, 4) is 44.8 Å². The molecule has 266 valence electrons. The van der Waals surface area contributed by atoms with Gasteiger partial charge in [-0.2, -0.15) is 0 Å². The molecule has 0 saturated heterocycles. The zero-order valence-electron chi connectivity index (χ0n) is 31.3. The summed E-state index contributed by atoms with van der Waals surface area (Å²) < 4.78 is 4.96. The average Bonchev–Trinajstić information content (AvgIpc) is 3.98. The van der Waals surface area contributed by atoms with Crippen LogP contribution in [0.15, 0.2) is 188 Å². The van der Waals surface area contributed by atoms with Crippen molar-refractivity contribution in [2.45, 2.75) is 18.3 Å². The quantitative estimate of drug-likeness (QED) is 0.172. The zero-order valence-corrected chi connectivity index (χ0v) is 31.3. The number of nitrogens with zero attached hydrogens (tertiary/aromatic N) is 2. The van der Waals surface area contributed by atoms with Gasteiger partial charge >= 0.3 is 0 Å². The third kappa shape index (κ3) is 4.04. The standard InChI is InChI=1S/C55H36N2/c1-2-14-37(15-3-1)56-51-24-12-7-19-43(51)45-32-35(26-30-53(45)56)36-27-31-54-46(33-36)44-20-8-13-25-52(44)57(54)38-28-29-42-41-18-6-11-23-49(41)55(50(42)34-38)47-21-9-4-16-39(47)40-17-5-10-22-48(40)55/h1-12,14-24,26-34H,13,25H2. The Kier molecular flexibility index (Phi) is 6.24. The first-order valence-electron chi connectivity index (χ1n) is 20.2. The van der Waals surface area contributed by atoms with Crippen molar-refractivity contribution in [1.29, 1.82) is 0 Å². The summed E-state index contributed by atoms with van der Waals surface area (Å²) in [5.74, 6) is 0. The lowest BCUT2D eigenvalue weighted by molar-refractivity contribution is 0.791. The van der Waals surface area contributed by atoms with Gasteiger partial charge < -0.3 is 9.13 Å². The third-order valence-electron chi connectivity index (χ3n) is 13.2. The Labute approximate surface area is 331 Å². The van der Waals surface area contributed by atoms with Crippen molar-refractivity contribution in [3.05, 3.63) is 222 Å². The van der Waals surface area contributed by atoms with E-state index in [1.54, 1.807) is 0 Å². The first kappa shape index (κ1) is 31.1. The van der Waals surface area contributed by atoms with Crippen molar-refractivity contribution in [3.63, 3.8) is 0 Å². The Morgan fingerprint density at radius 1 is 0.386 bits per heavy atom. The van der Waals surface area contributed by atoms with E-state index >= 15 is 0 Å². The minimum absolute atomic E-state index is 0.368. The SMILES string of the molecule is C1=Cc2c(n(-c3ccc4c(c3)C3(c5ccccc5-c5ccccc53)c3ccccc3-4)c3ccc(-c4ccc5c(c4)c4ccccc4n5-c4ccccc4)cc23)CC1. The Morgan fingerprint density at radius 3 is 1.65 bits per heavy atom. The van der Waals surface area contributed by atoms with Gasteiger partial charge in [0.25, 0.3) is 0 Å². The smallest absolute Gasteiger partial charge is 0.0726 e. The van der Waals surface area contributed by atoms with E-state index in [2.05, 4.69) is 203 Å². The molecule has 0 saturated carbocycles. The molecule has 0 radical (unpaired) electrons. The van der Waals surface area contributed by atoms with E-state index < -0.39 is 0 Å². The number of hydrogen-bond donors (Lipinski definition) is 0. The molecular formula is C55H36N2. The van der Waals surface area contributed by atoms with Crippen LogP contribution in [0.4, 0.5) is 0 Å². The van der Waals surface area contributed by atoms with E-state index in [-0.39, 0.29) is 5.41 Å². The molecule has 2 heteroatoms. The van der Waals surface area contributed by atoms with Gasteiger partial charge in [-0.25, -0.2) is 0 Å². The van der Waals surface area contributed by atoms with Gasteiger partial charge in [0.1, 0.15) is 0 Å². The Bertz CT molecular complexity index is 3290. The fraction of sp³-hybridized carbons (Fsp3) is 0.0545. The first-order chi connectivity index (χ1) is 28.3. The predicted molar refractivity (Wildman–Crippen MR) is 237 cm³/mol. The van der Waals surface area contributed by atoms with Gasteiger partial charge in [0.15, 0.2) is 0 Å². The molecule has 0 bridgehead atoms. The lowest BCUT2D eigenvalue weighted by Gasteiger charge is -2.30. The molecule has 1 spiro atoms. The van der Waals surface area contributed by atoms with E-state index in [1.165, 1.54) is 111 Å². The number of benzene rings is 8. The highest BCUT2D eigenvalue weighted by molar-refractivity contribution is 6.11. The second-order valence-electron chi connectivity index (χ2n) is 15.9. The fourth-order valence-corrected chi connectivity index (χ4v) is 10.9.